The molecule has 3 N–H and O–H groups in total. The lowest BCUT2D eigenvalue weighted by atomic mass is 9.96. The number of aryl methyl sites for hydroxylation is 1. The summed E-state index contributed by atoms with van der Waals surface area (Å²) in [4.78, 5) is 0. The predicted octanol–water partition coefficient (Wildman–Crippen LogP) is 2.53. The minimum absolute atomic E-state index is 0.463. The lowest BCUT2D eigenvalue weighted by Gasteiger charge is -2.14. The van der Waals surface area contributed by atoms with Gasteiger partial charge in [-0.05, 0) is 41.8 Å². The van der Waals surface area contributed by atoms with Crippen LogP contribution in [0.25, 0.3) is 10.8 Å². The van der Waals surface area contributed by atoms with E-state index in [0.29, 0.717) is 13.0 Å². The fourth-order valence-electron chi connectivity index (χ4n) is 2.08. The lowest BCUT2D eigenvalue weighted by Crippen LogP contribution is -2.07. The third-order valence-corrected chi connectivity index (χ3v) is 2.97. The zero-order valence-electron chi connectivity index (χ0n) is 9.48. The van der Waals surface area contributed by atoms with E-state index in [2.05, 4.69) is 25.1 Å². The maximum atomic E-state index is 10.0. The molecule has 1 atom stereocenters. The average molecular weight is 215 g/mol. The number of benzene rings is 2. The van der Waals surface area contributed by atoms with E-state index in [4.69, 9.17) is 5.73 Å². The van der Waals surface area contributed by atoms with Crippen LogP contribution in [-0.4, -0.2) is 11.7 Å². The van der Waals surface area contributed by atoms with E-state index in [9.17, 15) is 5.11 Å². The topological polar surface area (TPSA) is 46.2 Å². The first-order chi connectivity index (χ1) is 7.74. The Labute approximate surface area is 95.7 Å². The van der Waals surface area contributed by atoms with E-state index in [0.717, 1.165) is 10.9 Å². The fraction of sp³-hybridized carbons (Fsp3) is 0.286. The second-order valence-corrected chi connectivity index (χ2v) is 4.11. The van der Waals surface area contributed by atoms with E-state index in [1.165, 1.54) is 10.9 Å². The van der Waals surface area contributed by atoms with Gasteiger partial charge in [-0.1, -0.05) is 36.4 Å². The van der Waals surface area contributed by atoms with Crippen LogP contribution in [0.3, 0.4) is 0 Å². The molecule has 0 saturated heterocycles. The van der Waals surface area contributed by atoms with E-state index >= 15 is 0 Å². The maximum Gasteiger partial charge on any atom is 0.0808 e. The van der Waals surface area contributed by atoms with Gasteiger partial charge in [0.2, 0.25) is 0 Å². The van der Waals surface area contributed by atoms with Crippen molar-refractivity contribution >= 4 is 10.8 Å². The van der Waals surface area contributed by atoms with Crippen molar-refractivity contribution in [2.75, 3.05) is 6.54 Å². The standard InChI is InChI=1S/C14H17NO/c1-10-6-7-13(14(16)8-9-15)12-5-3-2-4-11(10)12/h2-7,14,16H,8-9,15H2,1H3. The SMILES string of the molecule is Cc1ccc(C(O)CCN)c2ccccc12. The highest BCUT2D eigenvalue weighted by molar-refractivity contribution is 5.88. The number of rotatable bonds is 3. The van der Waals surface area contributed by atoms with E-state index in [1.54, 1.807) is 0 Å². The molecule has 0 heterocycles. The molecule has 1 unspecified atom stereocenters. The Morgan fingerprint density at radius 1 is 1.12 bits per heavy atom. The second-order valence-electron chi connectivity index (χ2n) is 4.11. The average Bonchev–Trinajstić information content (AvgIpc) is 2.30. The van der Waals surface area contributed by atoms with Crippen molar-refractivity contribution < 1.29 is 5.11 Å². The van der Waals surface area contributed by atoms with Crippen LogP contribution in [-0.2, 0) is 0 Å². The molecule has 2 rings (SSSR count). The molecule has 0 spiro atoms. The molecule has 2 aromatic carbocycles. The molecular weight excluding hydrogens is 198 g/mol. The van der Waals surface area contributed by atoms with Crippen LogP contribution in [0.2, 0.25) is 0 Å². The Kier molecular flexibility index (Phi) is 3.22. The Balaban J connectivity index is 2.58. The first kappa shape index (κ1) is 11.1. The number of fused-ring (bicyclic) bond motifs is 1. The summed E-state index contributed by atoms with van der Waals surface area (Å²) >= 11 is 0. The molecule has 0 radical (unpaired) electrons. The molecule has 0 aliphatic heterocycles. The predicted molar refractivity (Wildman–Crippen MR) is 67.3 cm³/mol. The summed E-state index contributed by atoms with van der Waals surface area (Å²) in [6, 6.07) is 12.2. The van der Waals surface area contributed by atoms with Gasteiger partial charge in [0.05, 0.1) is 6.10 Å². The van der Waals surface area contributed by atoms with Crippen molar-refractivity contribution in [2.45, 2.75) is 19.4 Å². The summed E-state index contributed by atoms with van der Waals surface area (Å²) < 4.78 is 0. The first-order valence-electron chi connectivity index (χ1n) is 5.60. The highest BCUT2D eigenvalue weighted by atomic mass is 16.3. The minimum Gasteiger partial charge on any atom is -0.388 e. The molecule has 0 aliphatic rings. The van der Waals surface area contributed by atoms with E-state index in [-0.39, 0.29) is 0 Å². The van der Waals surface area contributed by atoms with Crippen molar-refractivity contribution in [2.24, 2.45) is 5.73 Å². The summed E-state index contributed by atoms with van der Waals surface area (Å²) in [5.74, 6) is 0. The summed E-state index contributed by atoms with van der Waals surface area (Å²) in [6.07, 6.45) is 0.142. The Morgan fingerprint density at radius 3 is 2.50 bits per heavy atom. The molecular formula is C14H17NO. The van der Waals surface area contributed by atoms with Gasteiger partial charge in [0.25, 0.3) is 0 Å². The van der Waals surface area contributed by atoms with Crippen LogP contribution < -0.4 is 5.73 Å². The number of hydrogen-bond donors (Lipinski definition) is 2. The number of aliphatic hydroxyl groups is 1. The van der Waals surface area contributed by atoms with Gasteiger partial charge in [-0.2, -0.15) is 0 Å². The zero-order chi connectivity index (χ0) is 11.5. The first-order valence-corrected chi connectivity index (χ1v) is 5.60. The summed E-state index contributed by atoms with van der Waals surface area (Å²) in [7, 11) is 0. The molecule has 16 heavy (non-hydrogen) atoms. The molecule has 0 bridgehead atoms. The van der Waals surface area contributed by atoms with Crippen molar-refractivity contribution in [1.29, 1.82) is 0 Å². The van der Waals surface area contributed by atoms with Crippen molar-refractivity contribution in [3.05, 3.63) is 47.5 Å². The fourth-order valence-corrected chi connectivity index (χ4v) is 2.08. The van der Waals surface area contributed by atoms with Crippen LogP contribution in [0.5, 0.6) is 0 Å². The molecule has 0 aliphatic carbocycles. The lowest BCUT2D eigenvalue weighted by molar-refractivity contribution is 0.172. The van der Waals surface area contributed by atoms with Crippen LogP contribution in [0.15, 0.2) is 36.4 Å². The van der Waals surface area contributed by atoms with Crippen LogP contribution in [0.4, 0.5) is 0 Å². The highest BCUT2D eigenvalue weighted by Crippen LogP contribution is 2.28. The van der Waals surface area contributed by atoms with Gasteiger partial charge in [0.15, 0.2) is 0 Å². The van der Waals surface area contributed by atoms with E-state index in [1.807, 2.05) is 18.2 Å². The van der Waals surface area contributed by atoms with Crippen molar-refractivity contribution in [3.63, 3.8) is 0 Å². The highest BCUT2D eigenvalue weighted by Gasteiger charge is 2.10. The molecule has 0 aromatic heterocycles. The molecule has 2 aromatic rings. The van der Waals surface area contributed by atoms with Gasteiger partial charge in [-0.3, -0.25) is 0 Å². The van der Waals surface area contributed by atoms with Gasteiger partial charge in [0, 0.05) is 0 Å². The molecule has 84 valence electrons. The van der Waals surface area contributed by atoms with Crippen molar-refractivity contribution in [1.82, 2.24) is 0 Å². The van der Waals surface area contributed by atoms with Gasteiger partial charge in [-0.25, -0.2) is 0 Å². The van der Waals surface area contributed by atoms with Gasteiger partial charge < -0.3 is 10.8 Å². The monoisotopic (exact) mass is 215 g/mol. The Morgan fingerprint density at radius 2 is 1.81 bits per heavy atom. The van der Waals surface area contributed by atoms with Gasteiger partial charge >= 0.3 is 0 Å². The van der Waals surface area contributed by atoms with Crippen LogP contribution >= 0.6 is 0 Å². The van der Waals surface area contributed by atoms with Crippen LogP contribution in [0.1, 0.15) is 23.7 Å². The molecule has 0 saturated carbocycles. The largest absolute Gasteiger partial charge is 0.388 e. The quantitative estimate of drug-likeness (QED) is 0.826. The zero-order valence-corrected chi connectivity index (χ0v) is 9.48. The second kappa shape index (κ2) is 4.64. The Bertz CT molecular complexity index is 493. The van der Waals surface area contributed by atoms with Gasteiger partial charge in [0.1, 0.15) is 0 Å². The maximum absolute atomic E-state index is 10.0. The third kappa shape index (κ3) is 1.94. The minimum atomic E-state index is -0.463. The summed E-state index contributed by atoms with van der Waals surface area (Å²) in [5.41, 5.74) is 7.69. The molecule has 2 heteroatoms. The normalized spacial score (nSPS) is 12.9. The molecule has 2 nitrogen and oxygen atoms in total. The van der Waals surface area contributed by atoms with E-state index < -0.39 is 6.10 Å². The van der Waals surface area contributed by atoms with Crippen LogP contribution in [0, 0.1) is 6.92 Å². The number of nitrogens with two attached hydrogens (primary N) is 1. The summed E-state index contributed by atoms with van der Waals surface area (Å²) in [5, 5.41) is 12.4. The molecule has 0 fully saturated rings. The Hall–Kier alpha value is -1.38. The smallest absolute Gasteiger partial charge is 0.0808 e. The number of aliphatic hydroxyl groups excluding tert-OH is 1. The molecule has 0 amide bonds. The van der Waals surface area contributed by atoms with Crippen molar-refractivity contribution in [3.8, 4) is 0 Å². The van der Waals surface area contributed by atoms with Gasteiger partial charge in [-0.15, -0.1) is 0 Å². The number of hydrogen-bond acceptors (Lipinski definition) is 2. The third-order valence-electron chi connectivity index (χ3n) is 2.97. The summed E-state index contributed by atoms with van der Waals surface area (Å²) in [6.45, 7) is 2.59.